The predicted molar refractivity (Wildman–Crippen MR) is 62.2 cm³/mol. The van der Waals surface area contributed by atoms with Gasteiger partial charge >= 0.3 is 5.97 Å². The molecule has 92 valence electrons. The summed E-state index contributed by atoms with van der Waals surface area (Å²) in [4.78, 5) is 10.4. The number of rotatable bonds is 6. The number of methoxy groups -OCH3 is 1. The monoisotopic (exact) mass is 238 g/mol. The van der Waals surface area contributed by atoms with Gasteiger partial charge in [-0.2, -0.15) is 0 Å². The molecule has 0 aliphatic heterocycles. The normalized spacial score (nSPS) is 10.5. The van der Waals surface area contributed by atoms with E-state index in [0.717, 1.165) is 6.08 Å². The SMILES string of the molecule is COc1cc(/C=C\C(=O)O)ccc1OCCO. The Labute approximate surface area is 98.9 Å². The molecule has 0 bridgehead atoms. The largest absolute Gasteiger partial charge is 0.493 e. The quantitative estimate of drug-likeness (QED) is 0.727. The Morgan fingerprint density at radius 3 is 2.76 bits per heavy atom. The number of benzene rings is 1. The lowest BCUT2D eigenvalue weighted by Crippen LogP contribution is -2.03. The van der Waals surface area contributed by atoms with Crippen LogP contribution in [0.3, 0.4) is 0 Å². The molecule has 0 aliphatic carbocycles. The second-order valence-electron chi connectivity index (χ2n) is 3.15. The molecule has 0 atom stereocenters. The Bertz CT molecular complexity index is 411. The third kappa shape index (κ3) is 4.16. The zero-order valence-corrected chi connectivity index (χ0v) is 9.42. The standard InChI is InChI=1S/C12H14O5/c1-16-11-8-9(3-5-12(14)15)2-4-10(11)17-7-6-13/h2-5,8,13H,6-7H2,1H3,(H,14,15)/b5-3-. The molecule has 0 radical (unpaired) electrons. The van der Waals surface area contributed by atoms with Crippen molar-refractivity contribution in [2.45, 2.75) is 0 Å². The molecular weight excluding hydrogens is 224 g/mol. The highest BCUT2D eigenvalue weighted by molar-refractivity contribution is 5.85. The maximum absolute atomic E-state index is 10.4. The van der Waals surface area contributed by atoms with Crippen molar-refractivity contribution in [2.75, 3.05) is 20.3 Å². The highest BCUT2D eigenvalue weighted by Crippen LogP contribution is 2.28. The first-order valence-corrected chi connectivity index (χ1v) is 5.00. The Hall–Kier alpha value is -2.01. The summed E-state index contributed by atoms with van der Waals surface area (Å²) in [5.41, 5.74) is 0.695. The third-order valence-corrected chi connectivity index (χ3v) is 1.95. The lowest BCUT2D eigenvalue weighted by molar-refractivity contribution is -0.131. The molecule has 0 spiro atoms. The van der Waals surface area contributed by atoms with Crippen molar-refractivity contribution in [3.63, 3.8) is 0 Å². The maximum Gasteiger partial charge on any atom is 0.328 e. The summed E-state index contributed by atoms with van der Waals surface area (Å²) in [5.74, 6) is -0.00964. The van der Waals surface area contributed by atoms with E-state index in [0.29, 0.717) is 17.1 Å². The van der Waals surface area contributed by atoms with Crippen molar-refractivity contribution in [1.82, 2.24) is 0 Å². The molecule has 0 amide bonds. The average molecular weight is 238 g/mol. The van der Waals surface area contributed by atoms with Crippen LogP contribution in [-0.2, 0) is 4.79 Å². The van der Waals surface area contributed by atoms with Gasteiger partial charge in [-0.05, 0) is 23.8 Å². The molecule has 0 unspecified atom stereocenters. The van der Waals surface area contributed by atoms with Crippen LogP contribution >= 0.6 is 0 Å². The number of carboxylic acid groups (broad SMARTS) is 1. The number of aliphatic hydroxyl groups is 1. The van der Waals surface area contributed by atoms with Crippen LogP contribution in [0.15, 0.2) is 24.3 Å². The van der Waals surface area contributed by atoms with Crippen molar-refractivity contribution in [1.29, 1.82) is 0 Å². The number of aliphatic hydroxyl groups excluding tert-OH is 1. The van der Waals surface area contributed by atoms with E-state index < -0.39 is 5.97 Å². The minimum absolute atomic E-state index is 0.0795. The van der Waals surface area contributed by atoms with Crippen molar-refractivity contribution in [3.8, 4) is 11.5 Å². The molecule has 17 heavy (non-hydrogen) atoms. The van der Waals surface area contributed by atoms with E-state index in [-0.39, 0.29) is 13.2 Å². The van der Waals surface area contributed by atoms with Crippen molar-refractivity contribution in [2.24, 2.45) is 0 Å². The molecule has 5 nitrogen and oxygen atoms in total. The summed E-state index contributed by atoms with van der Waals surface area (Å²) in [6.45, 7) is 0.102. The van der Waals surface area contributed by atoms with Crippen LogP contribution in [0.5, 0.6) is 11.5 Å². The van der Waals surface area contributed by atoms with Gasteiger partial charge in [0, 0.05) is 6.08 Å². The maximum atomic E-state index is 10.4. The van der Waals surface area contributed by atoms with E-state index in [1.807, 2.05) is 0 Å². The van der Waals surface area contributed by atoms with Gasteiger partial charge < -0.3 is 19.7 Å². The topological polar surface area (TPSA) is 76.0 Å². The van der Waals surface area contributed by atoms with Gasteiger partial charge in [-0.15, -0.1) is 0 Å². The first kappa shape index (κ1) is 13.1. The number of ether oxygens (including phenoxy) is 2. The second kappa shape index (κ2) is 6.55. The van der Waals surface area contributed by atoms with Gasteiger partial charge in [0.15, 0.2) is 11.5 Å². The van der Waals surface area contributed by atoms with Gasteiger partial charge in [0.25, 0.3) is 0 Å². The van der Waals surface area contributed by atoms with Gasteiger partial charge in [0.1, 0.15) is 6.61 Å². The Balaban J connectivity index is 2.87. The van der Waals surface area contributed by atoms with Gasteiger partial charge in [0.2, 0.25) is 0 Å². The van der Waals surface area contributed by atoms with E-state index in [2.05, 4.69) is 0 Å². The molecule has 1 rings (SSSR count). The lowest BCUT2D eigenvalue weighted by Gasteiger charge is -2.10. The number of hydrogen-bond donors (Lipinski definition) is 2. The zero-order chi connectivity index (χ0) is 12.7. The van der Waals surface area contributed by atoms with E-state index >= 15 is 0 Å². The molecule has 1 aromatic carbocycles. The van der Waals surface area contributed by atoms with Gasteiger partial charge in [0.05, 0.1) is 13.7 Å². The third-order valence-electron chi connectivity index (χ3n) is 1.95. The molecule has 0 fully saturated rings. The summed E-state index contributed by atoms with van der Waals surface area (Å²) < 4.78 is 10.3. The average Bonchev–Trinajstić information content (AvgIpc) is 2.34. The summed E-state index contributed by atoms with van der Waals surface area (Å²) in [5, 5.41) is 17.2. The lowest BCUT2D eigenvalue weighted by atomic mass is 10.2. The van der Waals surface area contributed by atoms with Crippen LogP contribution in [-0.4, -0.2) is 36.5 Å². The number of hydrogen-bond acceptors (Lipinski definition) is 4. The van der Waals surface area contributed by atoms with E-state index in [4.69, 9.17) is 19.7 Å². The fourth-order valence-electron chi connectivity index (χ4n) is 1.23. The summed E-state index contributed by atoms with van der Waals surface area (Å²) in [6, 6.07) is 5.02. The fraction of sp³-hybridized carbons (Fsp3) is 0.250. The van der Waals surface area contributed by atoms with E-state index in [1.165, 1.54) is 13.2 Å². The summed E-state index contributed by atoms with van der Waals surface area (Å²) in [7, 11) is 1.49. The van der Waals surface area contributed by atoms with Gasteiger partial charge in [-0.25, -0.2) is 4.79 Å². The molecule has 0 saturated carbocycles. The van der Waals surface area contributed by atoms with Gasteiger partial charge in [-0.1, -0.05) is 6.07 Å². The first-order valence-electron chi connectivity index (χ1n) is 5.00. The van der Waals surface area contributed by atoms with Crippen LogP contribution in [0.2, 0.25) is 0 Å². The molecule has 0 saturated heterocycles. The Morgan fingerprint density at radius 2 is 2.18 bits per heavy atom. The molecular formula is C12H14O5. The van der Waals surface area contributed by atoms with Crippen LogP contribution in [0.1, 0.15) is 5.56 Å². The van der Waals surface area contributed by atoms with E-state index in [9.17, 15) is 4.79 Å². The molecule has 0 aromatic heterocycles. The smallest absolute Gasteiger partial charge is 0.328 e. The number of aliphatic carboxylic acids is 1. The molecule has 1 aromatic rings. The van der Waals surface area contributed by atoms with Crippen molar-refractivity contribution in [3.05, 3.63) is 29.8 Å². The minimum Gasteiger partial charge on any atom is -0.493 e. The predicted octanol–water partition coefficient (Wildman–Crippen LogP) is 1.16. The van der Waals surface area contributed by atoms with Crippen molar-refractivity contribution >= 4 is 12.0 Å². The van der Waals surface area contributed by atoms with Crippen molar-refractivity contribution < 1.29 is 24.5 Å². The number of carbonyl (C=O) groups is 1. The highest BCUT2D eigenvalue weighted by Gasteiger charge is 2.04. The Kier molecular flexibility index (Phi) is 5.03. The van der Waals surface area contributed by atoms with Crippen LogP contribution in [0, 0.1) is 0 Å². The molecule has 0 aliphatic rings. The summed E-state index contributed by atoms with van der Waals surface area (Å²) >= 11 is 0. The molecule has 5 heteroatoms. The zero-order valence-electron chi connectivity index (χ0n) is 9.42. The van der Waals surface area contributed by atoms with Crippen LogP contribution in [0.4, 0.5) is 0 Å². The van der Waals surface area contributed by atoms with Crippen LogP contribution in [0.25, 0.3) is 6.08 Å². The highest BCUT2D eigenvalue weighted by atomic mass is 16.5. The van der Waals surface area contributed by atoms with Crippen LogP contribution < -0.4 is 9.47 Å². The van der Waals surface area contributed by atoms with Gasteiger partial charge in [-0.3, -0.25) is 0 Å². The fourth-order valence-corrected chi connectivity index (χ4v) is 1.23. The first-order chi connectivity index (χ1) is 8.17. The molecule has 0 heterocycles. The number of carboxylic acids is 1. The minimum atomic E-state index is -1.01. The summed E-state index contributed by atoms with van der Waals surface area (Å²) in [6.07, 6.45) is 2.50. The second-order valence-corrected chi connectivity index (χ2v) is 3.15. The van der Waals surface area contributed by atoms with E-state index in [1.54, 1.807) is 18.2 Å². The Morgan fingerprint density at radius 1 is 1.41 bits per heavy atom. The molecule has 2 N–H and O–H groups in total.